The fourth-order valence-electron chi connectivity index (χ4n) is 3.64. The molecule has 2 aromatic carbocycles. The van der Waals surface area contributed by atoms with Gasteiger partial charge in [0.1, 0.15) is 11.6 Å². The van der Waals surface area contributed by atoms with Crippen molar-refractivity contribution in [1.29, 1.82) is 0 Å². The maximum Gasteiger partial charge on any atom is 0.272 e. The van der Waals surface area contributed by atoms with Crippen LogP contribution in [0.2, 0.25) is 10.0 Å². The van der Waals surface area contributed by atoms with Crippen molar-refractivity contribution in [2.24, 2.45) is 0 Å². The molecule has 5 rings (SSSR count). The zero-order chi connectivity index (χ0) is 27.5. The van der Waals surface area contributed by atoms with Gasteiger partial charge in [-0.05, 0) is 36.4 Å². The molecule has 2 amide bonds. The van der Waals surface area contributed by atoms with E-state index in [9.17, 15) is 14.0 Å². The Morgan fingerprint density at radius 1 is 1.00 bits per heavy atom. The zero-order valence-electron chi connectivity index (χ0n) is 20.2. The molecule has 0 spiro atoms. The number of aryl methyl sites for hydroxylation is 1. The Balaban J connectivity index is 1.45. The van der Waals surface area contributed by atoms with Gasteiger partial charge < -0.3 is 15.1 Å². The van der Waals surface area contributed by atoms with Gasteiger partial charge >= 0.3 is 0 Å². The Morgan fingerprint density at radius 2 is 1.79 bits per heavy atom. The van der Waals surface area contributed by atoms with E-state index in [2.05, 4.69) is 30.9 Å². The number of carbonyl (C=O) groups excluding carboxylic acids is 2. The lowest BCUT2D eigenvalue weighted by Gasteiger charge is -2.12. The number of hydrogen-bond acceptors (Lipinski definition) is 7. The molecule has 0 unspecified atom stereocenters. The highest BCUT2D eigenvalue weighted by Gasteiger charge is 2.21. The molecule has 0 aliphatic heterocycles. The number of anilines is 1. The number of aromatic nitrogens is 5. The van der Waals surface area contributed by atoms with Gasteiger partial charge in [-0.2, -0.15) is 5.10 Å². The summed E-state index contributed by atoms with van der Waals surface area (Å²) >= 11 is 12.7. The van der Waals surface area contributed by atoms with Crippen molar-refractivity contribution in [3.63, 3.8) is 0 Å². The van der Waals surface area contributed by atoms with E-state index < -0.39 is 17.6 Å². The maximum atomic E-state index is 13.4. The molecule has 5 aromatic rings. The normalized spacial score (nSPS) is 10.9. The van der Waals surface area contributed by atoms with Crippen LogP contribution in [0.3, 0.4) is 0 Å². The van der Waals surface area contributed by atoms with Crippen LogP contribution in [0.4, 0.5) is 10.2 Å². The quantitative estimate of drug-likeness (QED) is 0.275. The first kappa shape index (κ1) is 26.0. The van der Waals surface area contributed by atoms with Crippen LogP contribution < -0.4 is 10.6 Å². The molecule has 0 saturated carbocycles. The second-order valence-electron chi connectivity index (χ2n) is 8.19. The highest BCUT2D eigenvalue weighted by Crippen LogP contribution is 2.32. The number of hydrogen-bond donors (Lipinski definition) is 2. The van der Waals surface area contributed by atoms with Crippen molar-refractivity contribution in [2.45, 2.75) is 13.5 Å². The van der Waals surface area contributed by atoms with Crippen molar-refractivity contribution in [2.75, 3.05) is 5.32 Å². The van der Waals surface area contributed by atoms with Crippen molar-refractivity contribution in [3.05, 3.63) is 106 Å². The van der Waals surface area contributed by atoms with Crippen LogP contribution >= 0.6 is 23.2 Å². The second-order valence-corrected chi connectivity index (χ2v) is 9.00. The number of pyridine rings is 1. The van der Waals surface area contributed by atoms with Crippen molar-refractivity contribution < 1.29 is 18.4 Å². The smallest absolute Gasteiger partial charge is 0.272 e. The largest absolute Gasteiger partial charge is 0.424 e. The van der Waals surface area contributed by atoms with E-state index in [0.29, 0.717) is 22.8 Å². The molecule has 13 heteroatoms. The summed E-state index contributed by atoms with van der Waals surface area (Å²) in [5, 5.41) is 17.7. The monoisotopic (exact) mass is 565 g/mol. The van der Waals surface area contributed by atoms with Gasteiger partial charge in [0.2, 0.25) is 11.8 Å². The molecule has 3 heterocycles. The molecule has 0 radical (unpaired) electrons. The first-order valence-corrected chi connectivity index (χ1v) is 12.2. The minimum absolute atomic E-state index is 0.000142. The Hall–Kier alpha value is -4.61. The number of nitrogens with zero attached hydrogens (tertiary/aromatic N) is 5. The minimum Gasteiger partial charge on any atom is -0.424 e. The Labute approximate surface area is 230 Å². The van der Waals surface area contributed by atoms with E-state index in [-0.39, 0.29) is 39.6 Å². The summed E-state index contributed by atoms with van der Waals surface area (Å²) in [6.07, 6.45) is 1.05. The average molecular weight is 566 g/mol. The van der Waals surface area contributed by atoms with Gasteiger partial charge in [0.25, 0.3) is 11.8 Å². The van der Waals surface area contributed by atoms with Gasteiger partial charge in [-0.1, -0.05) is 41.4 Å². The lowest BCUT2D eigenvalue weighted by Crippen LogP contribution is -2.23. The van der Waals surface area contributed by atoms with Gasteiger partial charge in [0.05, 0.1) is 39.7 Å². The summed E-state index contributed by atoms with van der Waals surface area (Å²) in [6.45, 7) is 1.64. The standard InChI is InChI=1S/C26H18Cl2FN7O3/c1-14-33-34-24(39-14)13-31-26(38)22-11-23(36(35-22)16-5-3-2-4-6-16)32-25(37)18-9-17(19(27)10-20(18)28)21-8-7-15(29)12-30-21/h2-12H,13H2,1H3,(H,31,38)(H,32,37). The summed E-state index contributed by atoms with van der Waals surface area (Å²) in [6, 6.07) is 15.9. The van der Waals surface area contributed by atoms with Crippen LogP contribution in [0.25, 0.3) is 16.9 Å². The number of benzene rings is 2. The maximum absolute atomic E-state index is 13.4. The SMILES string of the molecule is Cc1nnc(CNC(=O)c2cc(NC(=O)c3cc(-c4ccc(F)cn4)c(Cl)cc3Cl)n(-c3ccccc3)n2)o1. The molecular formula is C26H18Cl2FN7O3. The number of rotatable bonds is 7. The van der Waals surface area contributed by atoms with Crippen molar-refractivity contribution in [3.8, 4) is 16.9 Å². The van der Waals surface area contributed by atoms with E-state index >= 15 is 0 Å². The molecule has 196 valence electrons. The highest BCUT2D eigenvalue weighted by atomic mass is 35.5. The molecule has 39 heavy (non-hydrogen) atoms. The van der Waals surface area contributed by atoms with Crippen LogP contribution in [0.5, 0.6) is 0 Å². The fraction of sp³-hybridized carbons (Fsp3) is 0.0769. The van der Waals surface area contributed by atoms with Crippen LogP contribution in [0, 0.1) is 12.7 Å². The second kappa shape index (κ2) is 11.0. The van der Waals surface area contributed by atoms with Gasteiger partial charge in [0.15, 0.2) is 5.69 Å². The summed E-state index contributed by atoms with van der Waals surface area (Å²) in [5.74, 6) is -0.811. The Kier molecular flexibility index (Phi) is 7.35. The fourth-order valence-corrected chi connectivity index (χ4v) is 4.21. The first-order valence-electron chi connectivity index (χ1n) is 11.4. The van der Waals surface area contributed by atoms with Crippen molar-refractivity contribution in [1.82, 2.24) is 30.3 Å². The average Bonchev–Trinajstić information content (AvgIpc) is 3.54. The van der Waals surface area contributed by atoms with Gasteiger partial charge in [-0.25, -0.2) is 9.07 Å². The number of carbonyl (C=O) groups is 2. The van der Waals surface area contributed by atoms with Crippen LogP contribution in [-0.4, -0.2) is 36.8 Å². The number of nitrogens with one attached hydrogen (secondary N) is 2. The molecule has 2 N–H and O–H groups in total. The summed E-state index contributed by atoms with van der Waals surface area (Å²) in [7, 11) is 0. The first-order chi connectivity index (χ1) is 18.8. The third-order valence-electron chi connectivity index (χ3n) is 5.46. The summed E-state index contributed by atoms with van der Waals surface area (Å²) < 4.78 is 20.0. The van der Waals surface area contributed by atoms with E-state index in [1.165, 1.54) is 35.0 Å². The lowest BCUT2D eigenvalue weighted by molar-refractivity contribution is 0.0941. The van der Waals surface area contributed by atoms with Gasteiger partial charge in [-0.15, -0.1) is 10.2 Å². The third kappa shape index (κ3) is 5.79. The van der Waals surface area contributed by atoms with Crippen LogP contribution in [0.15, 0.2) is 71.3 Å². The summed E-state index contributed by atoms with van der Waals surface area (Å²) in [5.41, 5.74) is 1.46. The van der Waals surface area contributed by atoms with Gasteiger partial charge in [-0.3, -0.25) is 14.6 Å². The zero-order valence-corrected chi connectivity index (χ0v) is 21.7. The number of amides is 2. The molecule has 0 bridgehead atoms. The Bertz CT molecular complexity index is 1670. The summed E-state index contributed by atoms with van der Waals surface area (Å²) in [4.78, 5) is 30.2. The molecule has 3 aromatic heterocycles. The van der Waals surface area contributed by atoms with E-state index in [1.54, 1.807) is 31.2 Å². The predicted molar refractivity (Wildman–Crippen MR) is 141 cm³/mol. The van der Waals surface area contributed by atoms with Crippen LogP contribution in [-0.2, 0) is 6.54 Å². The number of halogens is 3. The Morgan fingerprint density at radius 3 is 2.49 bits per heavy atom. The molecule has 0 aliphatic carbocycles. The van der Waals surface area contributed by atoms with E-state index in [1.807, 2.05) is 6.07 Å². The molecule has 0 saturated heterocycles. The third-order valence-corrected chi connectivity index (χ3v) is 6.08. The highest BCUT2D eigenvalue weighted by molar-refractivity contribution is 6.38. The molecule has 10 nitrogen and oxygen atoms in total. The number of para-hydroxylation sites is 1. The van der Waals surface area contributed by atoms with Crippen LogP contribution in [0.1, 0.15) is 32.6 Å². The van der Waals surface area contributed by atoms with E-state index in [4.69, 9.17) is 27.6 Å². The topological polar surface area (TPSA) is 128 Å². The van der Waals surface area contributed by atoms with Crippen molar-refractivity contribution >= 4 is 40.8 Å². The molecular weight excluding hydrogens is 548 g/mol. The molecule has 0 atom stereocenters. The lowest BCUT2D eigenvalue weighted by atomic mass is 10.1. The van der Waals surface area contributed by atoms with Gasteiger partial charge in [0, 0.05) is 18.6 Å². The molecule has 0 fully saturated rings. The molecule has 0 aliphatic rings. The van der Waals surface area contributed by atoms with E-state index in [0.717, 1.165) is 6.20 Å². The minimum atomic E-state index is -0.592. The predicted octanol–water partition coefficient (Wildman–Crippen LogP) is 5.25.